The minimum Gasteiger partial charge on any atom is -0.506 e. The number of carbonyl (C=O) groups is 2. The van der Waals surface area contributed by atoms with Gasteiger partial charge in [-0.25, -0.2) is 9.59 Å². The highest BCUT2D eigenvalue weighted by molar-refractivity contribution is 14.1. The number of carbonyl (C=O) groups excluding carboxylic acids is 2. The molecule has 0 aromatic heterocycles. The SMILES string of the molecule is O=C(OCCCCCCOC(=O)c1cc(I)c(O)c(I)c1)c1cc(I)c(O)c(I)c1. The highest BCUT2D eigenvalue weighted by Crippen LogP contribution is 2.28. The van der Waals surface area contributed by atoms with Crippen LogP contribution in [0.15, 0.2) is 24.3 Å². The summed E-state index contributed by atoms with van der Waals surface area (Å²) < 4.78 is 13.0. The van der Waals surface area contributed by atoms with Crippen molar-refractivity contribution < 1.29 is 29.3 Å². The zero-order valence-electron chi connectivity index (χ0n) is 15.6. The highest BCUT2D eigenvalue weighted by Gasteiger charge is 2.14. The summed E-state index contributed by atoms with van der Waals surface area (Å²) in [6.45, 7) is 0.633. The van der Waals surface area contributed by atoms with Crippen LogP contribution in [0.5, 0.6) is 11.5 Å². The number of aromatic hydroxyl groups is 2. The summed E-state index contributed by atoms with van der Waals surface area (Å²) in [5.74, 6) is -0.470. The van der Waals surface area contributed by atoms with E-state index in [1.54, 1.807) is 24.3 Å². The molecule has 0 saturated carbocycles. The molecule has 2 aromatic rings. The number of unbranched alkanes of at least 4 members (excludes halogenated alkanes) is 3. The molecule has 0 amide bonds. The van der Waals surface area contributed by atoms with Gasteiger partial charge in [0.25, 0.3) is 0 Å². The third-order valence-electron chi connectivity index (χ3n) is 4.01. The summed E-state index contributed by atoms with van der Waals surface area (Å²) in [4.78, 5) is 24.2. The lowest BCUT2D eigenvalue weighted by molar-refractivity contribution is 0.0473. The third kappa shape index (κ3) is 7.79. The normalized spacial score (nSPS) is 10.7. The van der Waals surface area contributed by atoms with Crippen molar-refractivity contribution in [2.75, 3.05) is 13.2 Å². The second kappa shape index (κ2) is 12.8. The van der Waals surface area contributed by atoms with Crippen LogP contribution >= 0.6 is 90.4 Å². The maximum Gasteiger partial charge on any atom is 0.338 e. The molecule has 0 saturated heterocycles. The summed E-state index contributed by atoms with van der Waals surface area (Å²) in [6, 6.07) is 6.41. The Morgan fingerprint density at radius 2 is 0.933 bits per heavy atom. The van der Waals surface area contributed by atoms with Crippen LogP contribution in [0.3, 0.4) is 0 Å². The molecular formula is C20H18I4O6. The molecule has 10 heteroatoms. The van der Waals surface area contributed by atoms with Gasteiger partial charge in [-0.15, -0.1) is 0 Å². The van der Waals surface area contributed by atoms with Gasteiger partial charge in [0.05, 0.1) is 38.6 Å². The van der Waals surface area contributed by atoms with Gasteiger partial charge in [0.2, 0.25) is 0 Å². The Morgan fingerprint density at radius 1 is 0.633 bits per heavy atom. The minimum atomic E-state index is -0.405. The van der Waals surface area contributed by atoms with Crippen molar-refractivity contribution in [1.82, 2.24) is 0 Å². The lowest BCUT2D eigenvalue weighted by Gasteiger charge is -2.08. The second-order valence-corrected chi connectivity index (χ2v) is 10.9. The summed E-state index contributed by atoms with van der Waals surface area (Å²) in [6.07, 6.45) is 3.15. The van der Waals surface area contributed by atoms with Gasteiger partial charge in [0.15, 0.2) is 0 Å². The van der Waals surface area contributed by atoms with Crippen LogP contribution in [0, 0.1) is 14.3 Å². The van der Waals surface area contributed by atoms with Crippen LogP contribution in [0.4, 0.5) is 0 Å². The van der Waals surface area contributed by atoms with Gasteiger partial charge in [-0.05, 0) is 140 Å². The van der Waals surface area contributed by atoms with E-state index in [0.29, 0.717) is 38.6 Å². The predicted molar refractivity (Wildman–Crippen MR) is 146 cm³/mol. The first kappa shape index (κ1) is 26.2. The molecule has 0 atom stereocenters. The number of hydrogen-bond donors (Lipinski definition) is 2. The molecule has 2 rings (SSSR count). The van der Waals surface area contributed by atoms with E-state index in [0.717, 1.165) is 25.7 Å². The molecule has 0 spiro atoms. The standard InChI is InChI=1S/C20H18I4O6/c21-13-7-11(8-14(22)17(13)25)19(27)29-5-3-1-2-4-6-30-20(28)12-9-15(23)18(26)16(24)10-12/h7-10,25-26H,1-6H2. The highest BCUT2D eigenvalue weighted by atomic mass is 127. The number of rotatable bonds is 9. The van der Waals surface area contributed by atoms with Crippen LogP contribution in [0.25, 0.3) is 0 Å². The Bertz CT molecular complexity index is 810. The van der Waals surface area contributed by atoms with Crippen LogP contribution < -0.4 is 0 Å². The number of hydrogen-bond acceptors (Lipinski definition) is 6. The van der Waals surface area contributed by atoms with Gasteiger partial charge in [-0.3, -0.25) is 0 Å². The number of halogens is 4. The van der Waals surface area contributed by atoms with Crippen molar-refractivity contribution in [2.45, 2.75) is 25.7 Å². The largest absolute Gasteiger partial charge is 0.506 e. The quantitative estimate of drug-likeness (QED) is 0.180. The van der Waals surface area contributed by atoms with Crippen molar-refractivity contribution in [3.63, 3.8) is 0 Å². The van der Waals surface area contributed by atoms with E-state index in [1.807, 2.05) is 90.4 Å². The molecule has 0 unspecified atom stereocenters. The number of esters is 2. The lowest BCUT2D eigenvalue weighted by Crippen LogP contribution is -2.08. The first-order valence-corrected chi connectivity index (χ1v) is 13.2. The molecule has 0 aliphatic rings. The van der Waals surface area contributed by atoms with Crippen molar-refractivity contribution >= 4 is 102 Å². The Balaban J connectivity index is 1.62. The van der Waals surface area contributed by atoms with Gasteiger partial charge in [-0.2, -0.15) is 0 Å². The van der Waals surface area contributed by atoms with Crippen molar-refractivity contribution in [3.05, 3.63) is 49.7 Å². The number of phenols is 2. The lowest BCUT2D eigenvalue weighted by atomic mass is 10.2. The van der Waals surface area contributed by atoms with Crippen LogP contribution in [-0.4, -0.2) is 35.4 Å². The average molecular weight is 862 g/mol. The van der Waals surface area contributed by atoms with Crippen LogP contribution in [0.2, 0.25) is 0 Å². The molecular weight excluding hydrogens is 844 g/mol. The van der Waals surface area contributed by atoms with Gasteiger partial charge >= 0.3 is 11.9 Å². The molecule has 6 nitrogen and oxygen atoms in total. The van der Waals surface area contributed by atoms with Crippen molar-refractivity contribution in [2.24, 2.45) is 0 Å². The zero-order chi connectivity index (χ0) is 22.3. The first-order chi connectivity index (χ1) is 14.2. The van der Waals surface area contributed by atoms with E-state index in [-0.39, 0.29) is 11.5 Å². The van der Waals surface area contributed by atoms with E-state index in [4.69, 9.17) is 9.47 Å². The smallest absolute Gasteiger partial charge is 0.338 e. The van der Waals surface area contributed by atoms with E-state index >= 15 is 0 Å². The Labute approximate surface area is 229 Å². The molecule has 0 radical (unpaired) electrons. The molecule has 0 heterocycles. The summed E-state index contributed by atoms with van der Waals surface area (Å²) in [7, 11) is 0. The van der Waals surface area contributed by atoms with Crippen molar-refractivity contribution in [1.29, 1.82) is 0 Å². The van der Waals surface area contributed by atoms with Gasteiger partial charge in [0.1, 0.15) is 11.5 Å². The van der Waals surface area contributed by atoms with Gasteiger partial charge < -0.3 is 19.7 Å². The molecule has 0 fully saturated rings. The molecule has 0 bridgehead atoms. The van der Waals surface area contributed by atoms with Gasteiger partial charge in [0, 0.05) is 0 Å². The summed E-state index contributed by atoms with van der Waals surface area (Å²) in [5.41, 5.74) is 0.846. The molecule has 0 aliphatic carbocycles. The fraction of sp³-hybridized carbons (Fsp3) is 0.300. The van der Waals surface area contributed by atoms with E-state index < -0.39 is 11.9 Å². The first-order valence-electron chi connectivity index (χ1n) is 8.91. The van der Waals surface area contributed by atoms with E-state index in [1.165, 1.54) is 0 Å². The molecule has 162 valence electrons. The fourth-order valence-electron chi connectivity index (χ4n) is 2.42. The van der Waals surface area contributed by atoms with Crippen LogP contribution in [0.1, 0.15) is 46.4 Å². The Kier molecular flexibility index (Phi) is 11.2. The maximum absolute atomic E-state index is 12.1. The molecule has 2 aromatic carbocycles. The number of phenolic OH excluding ortho intramolecular Hbond substituents is 2. The second-order valence-electron chi connectivity index (χ2n) is 6.26. The van der Waals surface area contributed by atoms with E-state index in [2.05, 4.69) is 0 Å². The summed E-state index contributed by atoms with van der Waals surface area (Å²) >= 11 is 7.90. The Hall–Kier alpha value is -0.1000. The monoisotopic (exact) mass is 862 g/mol. The number of ether oxygens (including phenoxy) is 2. The molecule has 30 heavy (non-hydrogen) atoms. The fourth-order valence-corrected chi connectivity index (χ4v) is 5.96. The molecule has 0 aliphatic heterocycles. The third-order valence-corrected chi connectivity index (χ3v) is 7.30. The van der Waals surface area contributed by atoms with Crippen molar-refractivity contribution in [3.8, 4) is 11.5 Å². The predicted octanol–water partition coefficient (Wildman–Crippen LogP) is 6.09. The van der Waals surface area contributed by atoms with Gasteiger partial charge in [-0.1, -0.05) is 0 Å². The number of benzene rings is 2. The minimum absolute atomic E-state index is 0.170. The van der Waals surface area contributed by atoms with Crippen LogP contribution in [-0.2, 0) is 9.47 Å². The Morgan fingerprint density at radius 3 is 1.23 bits per heavy atom. The zero-order valence-corrected chi connectivity index (χ0v) is 24.2. The maximum atomic E-state index is 12.1. The van der Waals surface area contributed by atoms with E-state index in [9.17, 15) is 19.8 Å². The topological polar surface area (TPSA) is 93.1 Å². The average Bonchev–Trinajstić information content (AvgIpc) is 2.70. The summed E-state index contributed by atoms with van der Waals surface area (Å²) in [5, 5.41) is 19.5. The molecule has 2 N–H and O–H groups in total.